The van der Waals surface area contributed by atoms with Crippen LogP contribution in [0.15, 0.2) is 109 Å². The van der Waals surface area contributed by atoms with Crippen molar-refractivity contribution in [1.29, 1.82) is 0 Å². The summed E-state index contributed by atoms with van der Waals surface area (Å²) in [6, 6.07) is 39.6. The Morgan fingerprint density at radius 2 is 0.964 bits per heavy atom. The first kappa shape index (κ1) is 15.4. The van der Waals surface area contributed by atoms with Crippen LogP contribution in [0.3, 0.4) is 0 Å². The molecule has 0 amide bonds. The van der Waals surface area contributed by atoms with Crippen molar-refractivity contribution in [3.05, 3.63) is 109 Å². The van der Waals surface area contributed by atoms with Crippen molar-refractivity contribution in [2.75, 3.05) is 0 Å². The molecule has 0 heteroatoms. The van der Waals surface area contributed by atoms with Crippen LogP contribution in [0.1, 0.15) is 0 Å². The molecule has 6 rings (SSSR count). The van der Waals surface area contributed by atoms with Crippen molar-refractivity contribution in [2.45, 2.75) is 0 Å². The van der Waals surface area contributed by atoms with Gasteiger partial charge in [-0.2, -0.15) is 0 Å². The summed E-state index contributed by atoms with van der Waals surface area (Å²) < 4.78 is 0. The summed E-state index contributed by atoms with van der Waals surface area (Å²) >= 11 is 0. The highest BCUT2D eigenvalue weighted by atomic mass is 14.2. The van der Waals surface area contributed by atoms with E-state index in [4.69, 9.17) is 0 Å². The van der Waals surface area contributed by atoms with Gasteiger partial charge in [0.15, 0.2) is 0 Å². The highest BCUT2D eigenvalue weighted by molar-refractivity contribution is 6.25. The Balaban J connectivity index is 1.65. The first-order valence-corrected chi connectivity index (χ1v) is 9.71. The van der Waals surface area contributed by atoms with Gasteiger partial charge in [-0.1, -0.05) is 103 Å². The van der Waals surface area contributed by atoms with Crippen molar-refractivity contribution in [3.8, 4) is 22.3 Å². The van der Waals surface area contributed by atoms with E-state index in [1.165, 1.54) is 54.6 Å². The highest BCUT2D eigenvalue weighted by Crippen LogP contribution is 2.39. The third-order valence-electron chi connectivity index (χ3n) is 5.81. The maximum absolute atomic E-state index is 2.31. The molecule has 0 aliphatic rings. The predicted molar refractivity (Wildman–Crippen MR) is 121 cm³/mol. The lowest BCUT2D eigenvalue weighted by Gasteiger charge is -2.14. The lowest BCUT2D eigenvalue weighted by atomic mass is 9.89. The van der Waals surface area contributed by atoms with Crippen LogP contribution in [-0.4, -0.2) is 0 Å². The van der Waals surface area contributed by atoms with E-state index in [1.807, 2.05) is 0 Å². The molecule has 0 saturated heterocycles. The molecule has 0 fully saturated rings. The van der Waals surface area contributed by atoms with Crippen LogP contribution in [0.5, 0.6) is 0 Å². The van der Waals surface area contributed by atoms with Gasteiger partial charge < -0.3 is 0 Å². The summed E-state index contributed by atoms with van der Waals surface area (Å²) in [5.41, 5.74) is 5.06. The van der Waals surface area contributed by atoms with Gasteiger partial charge in [-0.25, -0.2) is 0 Å². The molecule has 0 unspecified atom stereocenters. The molecule has 130 valence electrons. The van der Waals surface area contributed by atoms with Crippen LogP contribution >= 0.6 is 0 Å². The lowest BCUT2D eigenvalue weighted by Crippen LogP contribution is -1.87. The molecule has 0 atom stereocenters. The summed E-state index contributed by atoms with van der Waals surface area (Å²) in [6.07, 6.45) is 0. The maximum Gasteiger partial charge on any atom is -0.00206 e. The number of hydrogen-bond donors (Lipinski definition) is 0. The van der Waals surface area contributed by atoms with E-state index in [9.17, 15) is 0 Å². The van der Waals surface area contributed by atoms with Gasteiger partial charge in [0.05, 0.1) is 0 Å². The first-order chi connectivity index (χ1) is 13.9. The average Bonchev–Trinajstić information content (AvgIpc) is 2.78. The fourth-order valence-corrected chi connectivity index (χ4v) is 4.48. The lowest BCUT2D eigenvalue weighted by molar-refractivity contribution is 1.61. The number of benzene rings is 6. The molecule has 0 spiro atoms. The van der Waals surface area contributed by atoms with Gasteiger partial charge in [0.25, 0.3) is 0 Å². The second kappa shape index (κ2) is 5.94. The van der Waals surface area contributed by atoms with Crippen LogP contribution in [0.2, 0.25) is 0 Å². The Bertz CT molecular complexity index is 1430. The van der Waals surface area contributed by atoms with Crippen molar-refractivity contribution >= 4 is 32.3 Å². The number of rotatable bonds is 2. The second-order valence-corrected chi connectivity index (χ2v) is 7.42. The molecule has 0 aromatic heterocycles. The molecule has 0 aliphatic heterocycles. The second-order valence-electron chi connectivity index (χ2n) is 7.42. The quantitative estimate of drug-likeness (QED) is 0.277. The minimum Gasteiger partial charge on any atom is -0.0622 e. The normalized spacial score (nSPS) is 11.6. The van der Waals surface area contributed by atoms with E-state index in [0.717, 1.165) is 0 Å². The third kappa shape index (κ3) is 2.25. The third-order valence-corrected chi connectivity index (χ3v) is 5.81. The minimum absolute atomic E-state index is 1.25. The van der Waals surface area contributed by atoms with E-state index in [0.29, 0.717) is 0 Å². The van der Waals surface area contributed by atoms with Crippen LogP contribution in [0, 0.1) is 0 Å². The zero-order chi connectivity index (χ0) is 18.5. The van der Waals surface area contributed by atoms with E-state index >= 15 is 0 Å². The highest BCUT2D eigenvalue weighted by Gasteiger charge is 2.12. The van der Waals surface area contributed by atoms with E-state index in [2.05, 4.69) is 109 Å². The van der Waals surface area contributed by atoms with Crippen molar-refractivity contribution in [2.24, 2.45) is 0 Å². The SMILES string of the molecule is c1ccc(-c2cccc(-c3ccc4ccc5cccc6ccc3c4c56)c2)cc1. The summed E-state index contributed by atoms with van der Waals surface area (Å²) in [6.45, 7) is 0. The monoisotopic (exact) mass is 354 g/mol. The van der Waals surface area contributed by atoms with Gasteiger partial charge in [0.1, 0.15) is 0 Å². The summed E-state index contributed by atoms with van der Waals surface area (Å²) in [5.74, 6) is 0. The molecule has 0 aliphatic carbocycles. The molecular formula is C28H18. The zero-order valence-corrected chi connectivity index (χ0v) is 15.4. The number of hydrogen-bond acceptors (Lipinski definition) is 0. The summed E-state index contributed by atoms with van der Waals surface area (Å²) in [4.78, 5) is 0. The molecule has 0 heterocycles. The maximum atomic E-state index is 2.31. The van der Waals surface area contributed by atoms with Crippen molar-refractivity contribution < 1.29 is 0 Å². The predicted octanol–water partition coefficient (Wildman–Crippen LogP) is 7.92. The molecule has 0 saturated carbocycles. The smallest absolute Gasteiger partial charge is 0.00206 e. The summed E-state index contributed by atoms with van der Waals surface area (Å²) in [5, 5.41) is 8.00. The van der Waals surface area contributed by atoms with Crippen LogP contribution in [0.25, 0.3) is 54.6 Å². The molecular weight excluding hydrogens is 336 g/mol. The van der Waals surface area contributed by atoms with Gasteiger partial charge in [0.2, 0.25) is 0 Å². The molecule has 6 aromatic carbocycles. The first-order valence-electron chi connectivity index (χ1n) is 9.71. The molecule has 0 bridgehead atoms. The Kier molecular flexibility index (Phi) is 3.27. The largest absolute Gasteiger partial charge is 0.0622 e. The Hall–Kier alpha value is -3.64. The van der Waals surface area contributed by atoms with Gasteiger partial charge in [0, 0.05) is 0 Å². The van der Waals surface area contributed by atoms with E-state index in [1.54, 1.807) is 0 Å². The molecule has 6 aromatic rings. The average molecular weight is 354 g/mol. The van der Waals surface area contributed by atoms with E-state index in [-0.39, 0.29) is 0 Å². The van der Waals surface area contributed by atoms with Gasteiger partial charge in [-0.3, -0.25) is 0 Å². The standard InChI is InChI=1S/C28H18/c1-2-6-19(7-3-1)23-10-5-11-24(18-23)25-16-14-22-13-12-20-8-4-9-21-15-17-26(25)28(22)27(20)21/h1-18H. The van der Waals surface area contributed by atoms with Crippen LogP contribution < -0.4 is 0 Å². The van der Waals surface area contributed by atoms with Crippen LogP contribution in [-0.2, 0) is 0 Å². The fraction of sp³-hybridized carbons (Fsp3) is 0. The Morgan fingerprint density at radius 3 is 1.79 bits per heavy atom. The molecule has 28 heavy (non-hydrogen) atoms. The van der Waals surface area contributed by atoms with Crippen LogP contribution in [0.4, 0.5) is 0 Å². The molecule has 0 N–H and O–H groups in total. The fourth-order valence-electron chi connectivity index (χ4n) is 4.48. The Morgan fingerprint density at radius 1 is 0.357 bits per heavy atom. The van der Waals surface area contributed by atoms with Crippen molar-refractivity contribution in [3.63, 3.8) is 0 Å². The van der Waals surface area contributed by atoms with E-state index < -0.39 is 0 Å². The topological polar surface area (TPSA) is 0 Å². The summed E-state index contributed by atoms with van der Waals surface area (Å²) in [7, 11) is 0. The van der Waals surface area contributed by atoms with Crippen molar-refractivity contribution in [1.82, 2.24) is 0 Å². The zero-order valence-electron chi connectivity index (χ0n) is 15.4. The van der Waals surface area contributed by atoms with Gasteiger partial charge in [-0.05, 0) is 60.6 Å². The van der Waals surface area contributed by atoms with Gasteiger partial charge >= 0.3 is 0 Å². The molecule has 0 radical (unpaired) electrons. The minimum atomic E-state index is 1.25. The van der Waals surface area contributed by atoms with Gasteiger partial charge in [-0.15, -0.1) is 0 Å². The molecule has 0 nitrogen and oxygen atoms in total. The Labute approximate surface area is 164 Å².